The van der Waals surface area contributed by atoms with Crippen LogP contribution in [0.5, 0.6) is 0 Å². The molecule has 4 aromatic rings. The fourth-order valence-electron chi connectivity index (χ4n) is 3.41. The quantitative estimate of drug-likeness (QED) is 0.484. The number of nitrogens with zero attached hydrogens (tertiary/aromatic N) is 4. The summed E-state index contributed by atoms with van der Waals surface area (Å²) in [5.74, 6) is 0. The monoisotopic (exact) mass is 370 g/mol. The minimum atomic E-state index is 0.813. The number of rotatable bonds is 7. The summed E-state index contributed by atoms with van der Waals surface area (Å²) in [7, 11) is 4.22. The van der Waals surface area contributed by atoms with Gasteiger partial charge in [-0.25, -0.2) is 0 Å². The Kier molecular flexibility index (Phi) is 5.60. The Morgan fingerprint density at radius 1 is 0.607 bits per heavy atom. The zero-order valence-electron chi connectivity index (χ0n) is 16.5. The van der Waals surface area contributed by atoms with Crippen molar-refractivity contribution in [3.63, 3.8) is 0 Å². The molecular formula is C24H26N4. The molecule has 4 heteroatoms. The van der Waals surface area contributed by atoms with Crippen molar-refractivity contribution >= 4 is 21.8 Å². The van der Waals surface area contributed by atoms with Crippen LogP contribution in [0, 0.1) is 0 Å². The largest absolute Gasteiger partial charge is 0.308 e. The normalized spacial score (nSPS) is 11.7. The lowest BCUT2D eigenvalue weighted by molar-refractivity contribution is 0.222. The molecule has 0 spiro atoms. The van der Waals surface area contributed by atoms with Gasteiger partial charge >= 0.3 is 0 Å². The van der Waals surface area contributed by atoms with Crippen molar-refractivity contribution in [3.05, 3.63) is 84.2 Å². The molecule has 0 aliphatic carbocycles. The molecule has 2 aromatic heterocycles. The molecular weight excluding hydrogens is 344 g/mol. The highest BCUT2D eigenvalue weighted by molar-refractivity contribution is 5.79. The maximum Gasteiger partial charge on any atom is 0.0705 e. The summed E-state index contributed by atoms with van der Waals surface area (Å²) in [4.78, 5) is 14.4. The smallest absolute Gasteiger partial charge is 0.0705 e. The molecule has 0 amide bonds. The van der Waals surface area contributed by atoms with E-state index in [1.165, 1.54) is 10.8 Å². The van der Waals surface area contributed by atoms with Crippen molar-refractivity contribution in [2.24, 2.45) is 0 Å². The lowest BCUT2D eigenvalue weighted by Gasteiger charge is -2.23. The van der Waals surface area contributed by atoms with Crippen LogP contribution < -0.4 is 0 Å². The Bertz CT molecular complexity index is 993. The molecule has 0 radical (unpaired) electrons. The number of hydrogen-bond donors (Lipinski definition) is 0. The molecule has 28 heavy (non-hydrogen) atoms. The molecule has 0 bridgehead atoms. The van der Waals surface area contributed by atoms with E-state index < -0.39 is 0 Å². The number of pyridine rings is 2. The first-order valence-electron chi connectivity index (χ1n) is 9.74. The topological polar surface area (TPSA) is 32.3 Å². The zero-order chi connectivity index (χ0) is 19.3. The van der Waals surface area contributed by atoms with Gasteiger partial charge in [0.2, 0.25) is 0 Å². The molecule has 0 fully saturated rings. The highest BCUT2D eigenvalue weighted by Gasteiger charge is 2.11. The van der Waals surface area contributed by atoms with Gasteiger partial charge in [0.1, 0.15) is 0 Å². The Morgan fingerprint density at radius 3 is 1.61 bits per heavy atom. The Hall–Kier alpha value is -2.82. The summed E-state index contributed by atoms with van der Waals surface area (Å²) in [5, 5.41) is 2.37. The zero-order valence-corrected chi connectivity index (χ0v) is 16.5. The molecule has 0 aliphatic rings. The van der Waals surface area contributed by atoms with Crippen molar-refractivity contribution in [3.8, 4) is 0 Å². The summed E-state index contributed by atoms with van der Waals surface area (Å²) >= 11 is 0. The summed E-state index contributed by atoms with van der Waals surface area (Å²) in [6.07, 6.45) is 0. The van der Waals surface area contributed by atoms with E-state index in [2.05, 4.69) is 84.6 Å². The van der Waals surface area contributed by atoms with Gasteiger partial charge in [-0.3, -0.25) is 14.9 Å². The summed E-state index contributed by atoms with van der Waals surface area (Å²) < 4.78 is 0. The van der Waals surface area contributed by atoms with Crippen LogP contribution in [0.3, 0.4) is 0 Å². The van der Waals surface area contributed by atoms with E-state index in [0.29, 0.717) is 0 Å². The number of likely N-dealkylation sites (N-methyl/N-ethyl adjacent to an activating group) is 1. The first-order chi connectivity index (χ1) is 13.7. The molecule has 2 aromatic carbocycles. The minimum absolute atomic E-state index is 0.813. The average Bonchev–Trinajstić information content (AvgIpc) is 2.72. The second-order valence-electron chi connectivity index (χ2n) is 7.50. The van der Waals surface area contributed by atoms with Gasteiger partial charge in [-0.2, -0.15) is 0 Å². The highest BCUT2D eigenvalue weighted by Crippen LogP contribution is 2.16. The molecule has 142 valence electrons. The fraction of sp³-hybridized carbons (Fsp3) is 0.250. The molecule has 0 aliphatic heterocycles. The predicted octanol–water partition coefficient (Wildman–Crippen LogP) is 4.35. The van der Waals surface area contributed by atoms with E-state index >= 15 is 0 Å². The van der Waals surface area contributed by atoms with Crippen LogP contribution in [0.15, 0.2) is 72.8 Å². The molecule has 0 unspecified atom stereocenters. The van der Waals surface area contributed by atoms with E-state index in [1.807, 2.05) is 12.1 Å². The molecule has 0 atom stereocenters. The lowest BCUT2D eigenvalue weighted by atomic mass is 10.2. The number of hydrogen-bond acceptors (Lipinski definition) is 4. The second kappa shape index (κ2) is 8.46. The first-order valence-corrected chi connectivity index (χ1v) is 9.74. The fourth-order valence-corrected chi connectivity index (χ4v) is 3.41. The van der Waals surface area contributed by atoms with Crippen LogP contribution in [0.2, 0.25) is 0 Å². The lowest BCUT2D eigenvalue weighted by Crippen LogP contribution is -2.31. The molecule has 4 rings (SSSR count). The summed E-state index contributed by atoms with van der Waals surface area (Å²) in [5.41, 5.74) is 4.30. The Balaban J connectivity index is 1.56. The molecule has 2 heterocycles. The third kappa shape index (κ3) is 4.53. The van der Waals surface area contributed by atoms with Gasteiger partial charge in [-0.15, -0.1) is 0 Å². The van der Waals surface area contributed by atoms with Crippen LogP contribution >= 0.6 is 0 Å². The van der Waals surface area contributed by atoms with Gasteiger partial charge in [-0.1, -0.05) is 48.5 Å². The molecule has 0 saturated heterocycles. The molecule has 0 saturated carbocycles. The predicted molar refractivity (Wildman–Crippen MR) is 116 cm³/mol. The summed E-state index contributed by atoms with van der Waals surface area (Å²) in [6, 6.07) is 25.2. The van der Waals surface area contributed by atoms with Crippen molar-refractivity contribution in [2.45, 2.75) is 13.1 Å². The van der Waals surface area contributed by atoms with Crippen LogP contribution in [-0.2, 0) is 13.1 Å². The van der Waals surface area contributed by atoms with Crippen molar-refractivity contribution in [1.82, 2.24) is 19.8 Å². The second-order valence-corrected chi connectivity index (χ2v) is 7.50. The number of benzene rings is 2. The van der Waals surface area contributed by atoms with Gasteiger partial charge in [0, 0.05) is 37.0 Å². The molecule has 0 N–H and O–H groups in total. The van der Waals surface area contributed by atoms with Gasteiger partial charge in [0.15, 0.2) is 0 Å². The van der Waals surface area contributed by atoms with Gasteiger partial charge < -0.3 is 4.90 Å². The Labute approximate surface area is 166 Å². The van der Waals surface area contributed by atoms with Gasteiger partial charge in [0.25, 0.3) is 0 Å². The van der Waals surface area contributed by atoms with E-state index in [1.54, 1.807) is 0 Å². The Morgan fingerprint density at radius 2 is 1.11 bits per heavy atom. The first kappa shape index (κ1) is 18.5. The highest BCUT2D eigenvalue weighted by atomic mass is 15.2. The third-order valence-corrected chi connectivity index (χ3v) is 4.95. The summed E-state index contributed by atoms with van der Waals surface area (Å²) in [6.45, 7) is 3.59. The van der Waals surface area contributed by atoms with Crippen molar-refractivity contribution < 1.29 is 0 Å². The van der Waals surface area contributed by atoms with Crippen LogP contribution in [-0.4, -0.2) is 47.0 Å². The average molecular weight is 371 g/mol. The number of fused-ring (bicyclic) bond motifs is 2. The SMILES string of the molecule is CN(C)CCN(Cc1ccc2ccccc2n1)Cc1ccc2ccccc2n1. The van der Waals surface area contributed by atoms with Crippen LogP contribution in [0.25, 0.3) is 21.8 Å². The van der Waals surface area contributed by atoms with Gasteiger partial charge in [-0.05, 0) is 38.4 Å². The van der Waals surface area contributed by atoms with E-state index in [0.717, 1.165) is 48.6 Å². The van der Waals surface area contributed by atoms with Crippen molar-refractivity contribution in [1.29, 1.82) is 0 Å². The van der Waals surface area contributed by atoms with Gasteiger partial charge in [0.05, 0.1) is 22.4 Å². The standard InChI is InChI=1S/C24H26N4/c1-27(2)15-16-28(17-21-13-11-19-7-3-5-9-23(19)25-21)18-22-14-12-20-8-4-6-10-24(20)26-22/h3-14H,15-18H2,1-2H3. The number of aromatic nitrogens is 2. The third-order valence-electron chi connectivity index (χ3n) is 4.95. The van der Waals surface area contributed by atoms with Crippen LogP contribution in [0.4, 0.5) is 0 Å². The molecule has 4 nitrogen and oxygen atoms in total. The maximum atomic E-state index is 4.86. The minimum Gasteiger partial charge on any atom is -0.308 e. The maximum absolute atomic E-state index is 4.86. The number of para-hydroxylation sites is 2. The van der Waals surface area contributed by atoms with E-state index in [9.17, 15) is 0 Å². The van der Waals surface area contributed by atoms with E-state index in [4.69, 9.17) is 9.97 Å². The van der Waals surface area contributed by atoms with Crippen molar-refractivity contribution in [2.75, 3.05) is 27.2 Å². The van der Waals surface area contributed by atoms with E-state index in [-0.39, 0.29) is 0 Å². The van der Waals surface area contributed by atoms with Crippen LogP contribution in [0.1, 0.15) is 11.4 Å².